The molecule has 164 valence electrons. The molecule has 2 amide bonds. The molecule has 2 saturated heterocycles. The lowest BCUT2D eigenvalue weighted by Gasteiger charge is -2.34. The minimum atomic E-state index is -0.303. The first-order chi connectivity index (χ1) is 15.0. The standard InChI is InChI=1S/C25H29ClN2O3/c1-31-22-10-6-18(7-11-22)2-3-19-12-14-27(15-13-19)23-16-24(29)28(25(23)30)17-20-4-8-21(26)9-5-20/h4-11,19,23H,2-3,12-17H2,1H3/t23-/m0/s1. The number of likely N-dealkylation sites (tertiary alicyclic amines) is 2. The number of piperidine rings is 1. The zero-order valence-electron chi connectivity index (χ0n) is 17.9. The maximum Gasteiger partial charge on any atom is 0.247 e. The third-order valence-electron chi connectivity index (χ3n) is 6.56. The summed E-state index contributed by atoms with van der Waals surface area (Å²) in [5.41, 5.74) is 2.25. The summed E-state index contributed by atoms with van der Waals surface area (Å²) in [5.74, 6) is 1.41. The molecule has 6 heteroatoms. The molecule has 0 aromatic heterocycles. The Hall–Kier alpha value is -2.37. The summed E-state index contributed by atoms with van der Waals surface area (Å²) in [4.78, 5) is 29.1. The van der Waals surface area contributed by atoms with Crippen molar-refractivity contribution >= 4 is 23.4 Å². The van der Waals surface area contributed by atoms with Crippen molar-refractivity contribution in [3.05, 3.63) is 64.7 Å². The predicted octanol–water partition coefficient (Wildman–Crippen LogP) is 4.32. The monoisotopic (exact) mass is 440 g/mol. The number of imide groups is 1. The van der Waals surface area contributed by atoms with Crippen molar-refractivity contribution in [1.29, 1.82) is 0 Å². The molecule has 2 aliphatic rings. The van der Waals surface area contributed by atoms with Gasteiger partial charge in [0.2, 0.25) is 11.8 Å². The number of ether oxygens (including phenoxy) is 1. The highest BCUT2D eigenvalue weighted by Crippen LogP contribution is 2.28. The van der Waals surface area contributed by atoms with E-state index in [1.165, 1.54) is 10.5 Å². The molecule has 0 radical (unpaired) electrons. The molecule has 2 aromatic rings. The van der Waals surface area contributed by atoms with E-state index in [0.717, 1.165) is 50.1 Å². The first-order valence-corrected chi connectivity index (χ1v) is 11.4. The fraction of sp³-hybridized carbons (Fsp3) is 0.440. The molecule has 0 saturated carbocycles. The van der Waals surface area contributed by atoms with Crippen LogP contribution in [0, 0.1) is 5.92 Å². The second-order valence-corrected chi connectivity index (χ2v) is 8.97. The molecule has 0 spiro atoms. The van der Waals surface area contributed by atoms with Crippen LogP contribution in [0.4, 0.5) is 0 Å². The Morgan fingerprint density at radius 1 is 0.968 bits per heavy atom. The van der Waals surface area contributed by atoms with E-state index in [0.29, 0.717) is 23.9 Å². The number of amides is 2. The van der Waals surface area contributed by atoms with E-state index in [1.807, 2.05) is 24.3 Å². The second kappa shape index (κ2) is 9.84. The molecule has 0 aliphatic carbocycles. The van der Waals surface area contributed by atoms with Crippen LogP contribution in [-0.4, -0.2) is 47.9 Å². The Morgan fingerprint density at radius 3 is 2.26 bits per heavy atom. The number of nitrogens with zero attached hydrogens (tertiary/aromatic N) is 2. The van der Waals surface area contributed by atoms with Crippen LogP contribution in [-0.2, 0) is 22.6 Å². The molecule has 0 N–H and O–H groups in total. The van der Waals surface area contributed by atoms with Gasteiger partial charge in [0.25, 0.3) is 0 Å². The summed E-state index contributed by atoms with van der Waals surface area (Å²) in [5, 5.41) is 0.649. The highest BCUT2D eigenvalue weighted by Gasteiger charge is 2.42. The Morgan fingerprint density at radius 2 is 1.61 bits per heavy atom. The van der Waals surface area contributed by atoms with Gasteiger partial charge in [-0.25, -0.2) is 0 Å². The van der Waals surface area contributed by atoms with E-state index in [2.05, 4.69) is 17.0 Å². The average molecular weight is 441 g/mol. The Kier molecular flexibility index (Phi) is 6.93. The number of methoxy groups -OCH3 is 1. The molecule has 5 nitrogen and oxygen atoms in total. The van der Waals surface area contributed by atoms with E-state index in [4.69, 9.17) is 16.3 Å². The molecule has 4 rings (SSSR count). The van der Waals surface area contributed by atoms with Gasteiger partial charge in [-0.3, -0.25) is 19.4 Å². The van der Waals surface area contributed by atoms with Gasteiger partial charge in [-0.1, -0.05) is 35.9 Å². The summed E-state index contributed by atoms with van der Waals surface area (Å²) >= 11 is 5.93. The van der Waals surface area contributed by atoms with E-state index < -0.39 is 0 Å². The fourth-order valence-corrected chi connectivity index (χ4v) is 4.73. The van der Waals surface area contributed by atoms with Crippen LogP contribution in [0.2, 0.25) is 5.02 Å². The molecule has 2 heterocycles. The van der Waals surface area contributed by atoms with Crippen LogP contribution < -0.4 is 4.74 Å². The summed E-state index contributed by atoms with van der Waals surface area (Å²) in [7, 11) is 1.68. The molecule has 2 aromatic carbocycles. The van der Waals surface area contributed by atoms with Crippen molar-refractivity contribution in [2.75, 3.05) is 20.2 Å². The largest absolute Gasteiger partial charge is 0.497 e. The molecule has 0 unspecified atom stereocenters. The van der Waals surface area contributed by atoms with Crippen LogP contribution >= 0.6 is 11.6 Å². The van der Waals surface area contributed by atoms with Gasteiger partial charge in [-0.05, 0) is 80.1 Å². The van der Waals surface area contributed by atoms with Gasteiger partial charge in [0.05, 0.1) is 26.1 Å². The summed E-state index contributed by atoms with van der Waals surface area (Å²) < 4.78 is 5.22. The summed E-state index contributed by atoms with van der Waals surface area (Å²) in [6, 6.07) is 15.3. The van der Waals surface area contributed by atoms with Crippen molar-refractivity contribution in [2.45, 2.75) is 44.7 Å². The maximum atomic E-state index is 13.0. The molecule has 0 bridgehead atoms. The van der Waals surface area contributed by atoms with Crippen molar-refractivity contribution < 1.29 is 14.3 Å². The van der Waals surface area contributed by atoms with E-state index in [9.17, 15) is 9.59 Å². The predicted molar refractivity (Wildman–Crippen MR) is 121 cm³/mol. The quantitative estimate of drug-likeness (QED) is 0.601. The minimum Gasteiger partial charge on any atom is -0.497 e. The van der Waals surface area contributed by atoms with Crippen LogP contribution in [0.5, 0.6) is 5.75 Å². The smallest absolute Gasteiger partial charge is 0.247 e. The van der Waals surface area contributed by atoms with Crippen molar-refractivity contribution in [3.8, 4) is 5.75 Å². The number of hydrogen-bond acceptors (Lipinski definition) is 4. The van der Waals surface area contributed by atoms with Gasteiger partial charge >= 0.3 is 0 Å². The topological polar surface area (TPSA) is 49.9 Å². The lowest BCUT2D eigenvalue weighted by molar-refractivity contribution is -0.140. The lowest BCUT2D eigenvalue weighted by Crippen LogP contribution is -2.45. The van der Waals surface area contributed by atoms with Gasteiger partial charge in [0.15, 0.2) is 0 Å². The molecule has 31 heavy (non-hydrogen) atoms. The third kappa shape index (κ3) is 5.28. The second-order valence-electron chi connectivity index (χ2n) is 8.53. The van der Waals surface area contributed by atoms with Crippen LogP contribution in [0.25, 0.3) is 0 Å². The highest BCUT2D eigenvalue weighted by molar-refractivity contribution is 6.30. The van der Waals surface area contributed by atoms with E-state index in [-0.39, 0.29) is 17.9 Å². The fourth-order valence-electron chi connectivity index (χ4n) is 4.61. The Bertz CT molecular complexity index is 905. The number of halogens is 1. The van der Waals surface area contributed by atoms with Gasteiger partial charge < -0.3 is 4.74 Å². The van der Waals surface area contributed by atoms with Crippen LogP contribution in [0.15, 0.2) is 48.5 Å². The molecule has 2 fully saturated rings. The zero-order chi connectivity index (χ0) is 21.8. The number of aryl methyl sites for hydroxylation is 1. The van der Waals surface area contributed by atoms with E-state index in [1.54, 1.807) is 19.2 Å². The van der Waals surface area contributed by atoms with Gasteiger partial charge in [-0.2, -0.15) is 0 Å². The van der Waals surface area contributed by atoms with Crippen molar-refractivity contribution in [3.63, 3.8) is 0 Å². The number of benzene rings is 2. The third-order valence-corrected chi connectivity index (χ3v) is 6.82. The van der Waals surface area contributed by atoms with Gasteiger partial charge in [0, 0.05) is 5.02 Å². The first-order valence-electron chi connectivity index (χ1n) is 11.0. The SMILES string of the molecule is COc1ccc(CCC2CCN([C@H]3CC(=O)N(Cc4ccc(Cl)cc4)C3=O)CC2)cc1. The molecular formula is C25H29ClN2O3. The highest BCUT2D eigenvalue weighted by atomic mass is 35.5. The van der Waals surface area contributed by atoms with Crippen molar-refractivity contribution in [1.82, 2.24) is 9.80 Å². The summed E-state index contributed by atoms with van der Waals surface area (Å²) in [6.45, 7) is 2.08. The average Bonchev–Trinajstić information content (AvgIpc) is 3.08. The van der Waals surface area contributed by atoms with Gasteiger partial charge in [0.1, 0.15) is 5.75 Å². The number of carbonyl (C=O) groups is 2. The normalized spacial score (nSPS) is 20.5. The zero-order valence-corrected chi connectivity index (χ0v) is 18.7. The maximum absolute atomic E-state index is 13.0. The molecule has 1 atom stereocenters. The van der Waals surface area contributed by atoms with Crippen LogP contribution in [0.1, 0.15) is 36.8 Å². The number of carbonyl (C=O) groups excluding carboxylic acids is 2. The Balaban J connectivity index is 1.26. The molecule has 2 aliphatic heterocycles. The van der Waals surface area contributed by atoms with E-state index >= 15 is 0 Å². The lowest BCUT2D eigenvalue weighted by atomic mass is 9.90. The van der Waals surface area contributed by atoms with Crippen molar-refractivity contribution in [2.24, 2.45) is 5.92 Å². The minimum absolute atomic E-state index is 0.0587. The summed E-state index contributed by atoms with van der Waals surface area (Å²) in [6.07, 6.45) is 4.66. The Labute approximate surface area is 188 Å². The van der Waals surface area contributed by atoms with Crippen LogP contribution in [0.3, 0.4) is 0 Å². The number of rotatable bonds is 7. The number of hydrogen-bond donors (Lipinski definition) is 0. The van der Waals surface area contributed by atoms with Gasteiger partial charge in [-0.15, -0.1) is 0 Å². The first kappa shape index (κ1) is 21.8. The molecular weight excluding hydrogens is 412 g/mol.